The van der Waals surface area contributed by atoms with Gasteiger partial charge in [0.1, 0.15) is 12.4 Å². The Kier molecular flexibility index (Phi) is 6.82. The Hall–Kier alpha value is -3.37. The maximum atomic E-state index is 12.3. The molecule has 0 radical (unpaired) electrons. The smallest absolute Gasteiger partial charge is 0.338 e. The molecule has 29 heavy (non-hydrogen) atoms. The van der Waals surface area contributed by atoms with Crippen LogP contribution in [0.5, 0.6) is 5.75 Å². The highest BCUT2D eigenvalue weighted by Gasteiger charge is 2.20. The molecule has 0 bridgehead atoms. The van der Waals surface area contributed by atoms with Crippen LogP contribution in [-0.2, 0) is 14.3 Å². The summed E-state index contributed by atoms with van der Waals surface area (Å²) in [5.74, 6) is -0.415. The highest BCUT2D eigenvalue weighted by Crippen LogP contribution is 2.17. The van der Waals surface area contributed by atoms with Gasteiger partial charge in [0.2, 0.25) is 0 Å². The zero-order valence-corrected chi connectivity index (χ0v) is 16.1. The molecule has 1 aliphatic rings. The Balaban J connectivity index is 1.48. The van der Waals surface area contributed by atoms with Crippen LogP contribution >= 0.6 is 0 Å². The molecule has 1 fully saturated rings. The summed E-state index contributed by atoms with van der Waals surface area (Å²) in [7, 11) is 0. The number of carbonyl (C=O) groups excluding carboxylic acids is 2. The number of rotatable bonds is 7. The molecule has 2 aromatic carbocycles. The topological polar surface area (TPSA) is 97.7 Å². The number of hydrogen-bond acceptors (Lipinski definition) is 6. The lowest BCUT2D eigenvalue weighted by Gasteiger charge is -2.14. The van der Waals surface area contributed by atoms with E-state index in [9.17, 15) is 9.59 Å². The van der Waals surface area contributed by atoms with E-state index in [2.05, 4.69) is 5.32 Å². The van der Waals surface area contributed by atoms with Gasteiger partial charge >= 0.3 is 5.97 Å². The molecule has 1 saturated heterocycles. The van der Waals surface area contributed by atoms with Crippen molar-refractivity contribution in [1.29, 1.82) is 5.26 Å². The largest absolute Gasteiger partial charge is 0.491 e. The standard InChI is InChI=1S/C22H22N2O5/c1-15(21(25)24-18-8-4-16(13-23)5-9-18)29-22(26)17-6-10-19(11-7-17)28-14-20-3-2-12-27-20/h4-11,15,20H,2-3,12,14H2,1H3,(H,24,25)/t15-,20-/m0/s1. The zero-order chi connectivity index (χ0) is 20.6. The number of hydrogen-bond donors (Lipinski definition) is 1. The average molecular weight is 394 g/mol. The summed E-state index contributed by atoms with van der Waals surface area (Å²) < 4.78 is 16.4. The lowest BCUT2D eigenvalue weighted by atomic mass is 10.2. The van der Waals surface area contributed by atoms with Crippen molar-refractivity contribution in [2.24, 2.45) is 0 Å². The third-order valence-electron chi connectivity index (χ3n) is 4.48. The molecule has 1 N–H and O–H groups in total. The van der Waals surface area contributed by atoms with E-state index in [0.29, 0.717) is 29.2 Å². The summed E-state index contributed by atoms with van der Waals surface area (Å²) in [6.07, 6.45) is 1.19. The fraction of sp³-hybridized carbons (Fsp3) is 0.318. The molecular formula is C22H22N2O5. The molecule has 1 aliphatic heterocycles. The molecule has 7 nitrogen and oxygen atoms in total. The van der Waals surface area contributed by atoms with Gasteiger partial charge in [-0.05, 0) is 68.3 Å². The molecule has 1 amide bonds. The van der Waals surface area contributed by atoms with Crippen LogP contribution in [0.1, 0.15) is 35.7 Å². The summed E-state index contributed by atoms with van der Waals surface area (Å²) in [5, 5.41) is 11.4. The van der Waals surface area contributed by atoms with Gasteiger partial charge in [-0.1, -0.05) is 0 Å². The van der Waals surface area contributed by atoms with Gasteiger partial charge in [-0.25, -0.2) is 4.79 Å². The summed E-state index contributed by atoms with van der Waals surface area (Å²) in [4.78, 5) is 24.5. The molecule has 1 heterocycles. The lowest BCUT2D eigenvalue weighted by Crippen LogP contribution is -2.30. The molecule has 0 aliphatic carbocycles. The Bertz CT molecular complexity index is 881. The minimum atomic E-state index is -0.978. The Morgan fingerprint density at radius 1 is 1.21 bits per heavy atom. The number of amides is 1. The molecule has 3 rings (SSSR count). The predicted molar refractivity (Wildman–Crippen MR) is 106 cm³/mol. The monoisotopic (exact) mass is 394 g/mol. The SMILES string of the molecule is C[C@H](OC(=O)c1ccc(OC[C@@H]2CCCO2)cc1)C(=O)Nc1ccc(C#N)cc1. The van der Waals surface area contributed by atoms with Gasteiger partial charge in [0, 0.05) is 12.3 Å². The van der Waals surface area contributed by atoms with Crippen LogP contribution in [0.25, 0.3) is 0 Å². The molecule has 0 aromatic heterocycles. The maximum absolute atomic E-state index is 12.3. The Morgan fingerprint density at radius 2 is 1.93 bits per heavy atom. The number of nitriles is 1. The number of ether oxygens (including phenoxy) is 3. The first kappa shape index (κ1) is 20.4. The molecule has 2 aromatic rings. The van der Waals surface area contributed by atoms with Gasteiger partial charge in [0.15, 0.2) is 6.10 Å². The van der Waals surface area contributed by atoms with Crippen molar-refractivity contribution in [3.8, 4) is 11.8 Å². The van der Waals surface area contributed by atoms with Crippen molar-refractivity contribution in [3.63, 3.8) is 0 Å². The summed E-state index contributed by atoms with van der Waals surface area (Å²) >= 11 is 0. The van der Waals surface area contributed by atoms with E-state index in [1.54, 1.807) is 48.5 Å². The van der Waals surface area contributed by atoms with Gasteiger partial charge in [-0.2, -0.15) is 5.26 Å². The van der Waals surface area contributed by atoms with Gasteiger partial charge in [-0.15, -0.1) is 0 Å². The van der Waals surface area contributed by atoms with Crippen molar-refractivity contribution >= 4 is 17.6 Å². The fourth-order valence-corrected chi connectivity index (χ4v) is 2.81. The molecule has 0 saturated carbocycles. The normalized spacial score (nSPS) is 16.5. The maximum Gasteiger partial charge on any atom is 0.338 e. The number of carbonyl (C=O) groups is 2. The fourth-order valence-electron chi connectivity index (χ4n) is 2.81. The van der Waals surface area contributed by atoms with E-state index >= 15 is 0 Å². The van der Waals surface area contributed by atoms with Crippen LogP contribution < -0.4 is 10.1 Å². The van der Waals surface area contributed by atoms with E-state index < -0.39 is 18.0 Å². The lowest BCUT2D eigenvalue weighted by molar-refractivity contribution is -0.123. The van der Waals surface area contributed by atoms with Crippen LogP contribution in [0.3, 0.4) is 0 Å². The van der Waals surface area contributed by atoms with Crippen LogP contribution in [0, 0.1) is 11.3 Å². The van der Waals surface area contributed by atoms with Crippen molar-refractivity contribution in [2.75, 3.05) is 18.5 Å². The van der Waals surface area contributed by atoms with Gasteiger partial charge in [0.25, 0.3) is 5.91 Å². The molecule has 2 atom stereocenters. The number of nitrogens with one attached hydrogen (secondary N) is 1. The van der Waals surface area contributed by atoms with Crippen molar-refractivity contribution in [3.05, 3.63) is 59.7 Å². The highest BCUT2D eigenvalue weighted by atomic mass is 16.5. The van der Waals surface area contributed by atoms with Gasteiger partial charge in [-0.3, -0.25) is 4.79 Å². The van der Waals surface area contributed by atoms with E-state index in [0.717, 1.165) is 19.4 Å². The van der Waals surface area contributed by atoms with Crippen molar-refractivity contribution in [2.45, 2.75) is 32.0 Å². The van der Waals surface area contributed by atoms with Gasteiger partial charge < -0.3 is 19.5 Å². The highest BCUT2D eigenvalue weighted by molar-refractivity contribution is 5.97. The average Bonchev–Trinajstić information content (AvgIpc) is 3.26. The van der Waals surface area contributed by atoms with Crippen molar-refractivity contribution in [1.82, 2.24) is 0 Å². The minimum Gasteiger partial charge on any atom is -0.491 e. The molecule has 0 spiro atoms. The number of esters is 1. The summed E-state index contributed by atoms with van der Waals surface area (Å²) in [6.45, 7) is 2.75. The third-order valence-corrected chi connectivity index (χ3v) is 4.48. The van der Waals surface area contributed by atoms with E-state index in [1.165, 1.54) is 6.92 Å². The Labute approximate surface area is 169 Å². The second kappa shape index (κ2) is 9.71. The molecule has 0 unspecified atom stereocenters. The Morgan fingerprint density at radius 3 is 2.55 bits per heavy atom. The molecule has 7 heteroatoms. The third kappa shape index (κ3) is 5.80. The van der Waals surface area contributed by atoms with Crippen LogP contribution in [0.4, 0.5) is 5.69 Å². The van der Waals surface area contributed by atoms with E-state index in [-0.39, 0.29) is 6.10 Å². The second-order valence-electron chi connectivity index (χ2n) is 6.70. The number of nitrogens with zero attached hydrogens (tertiary/aromatic N) is 1. The van der Waals surface area contributed by atoms with E-state index in [1.807, 2.05) is 6.07 Å². The first-order valence-electron chi connectivity index (χ1n) is 9.41. The van der Waals surface area contributed by atoms with E-state index in [4.69, 9.17) is 19.5 Å². The number of benzene rings is 2. The van der Waals surface area contributed by atoms with Gasteiger partial charge in [0.05, 0.1) is 23.3 Å². The quantitative estimate of drug-likeness (QED) is 0.724. The summed E-state index contributed by atoms with van der Waals surface area (Å²) in [5.41, 5.74) is 1.34. The zero-order valence-electron chi connectivity index (χ0n) is 16.1. The minimum absolute atomic E-state index is 0.120. The first-order chi connectivity index (χ1) is 14.0. The number of anilines is 1. The second-order valence-corrected chi connectivity index (χ2v) is 6.70. The first-order valence-corrected chi connectivity index (χ1v) is 9.41. The van der Waals surface area contributed by atoms with Crippen LogP contribution in [0.2, 0.25) is 0 Å². The van der Waals surface area contributed by atoms with Crippen LogP contribution in [-0.4, -0.2) is 37.3 Å². The van der Waals surface area contributed by atoms with Crippen molar-refractivity contribution < 1.29 is 23.8 Å². The predicted octanol–water partition coefficient (Wildman–Crippen LogP) is 3.30. The molecule has 150 valence electrons. The molecular weight excluding hydrogens is 372 g/mol. The van der Waals surface area contributed by atoms with Crippen LogP contribution in [0.15, 0.2) is 48.5 Å². The summed E-state index contributed by atoms with van der Waals surface area (Å²) in [6, 6.07) is 15.0.